The first-order valence-corrected chi connectivity index (χ1v) is 12.6. The molecule has 2 aromatic heterocycles. The van der Waals surface area contributed by atoms with Gasteiger partial charge in [-0.25, -0.2) is 14.2 Å². The summed E-state index contributed by atoms with van der Waals surface area (Å²) in [4.78, 5) is 34.0. The van der Waals surface area contributed by atoms with Crippen molar-refractivity contribution in [3.05, 3.63) is 98.6 Å². The number of rotatable bonds is 9. The fourth-order valence-electron chi connectivity index (χ4n) is 4.46. The van der Waals surface area contributed by atoms with E-state index in [4.69, 9.17) is 22.3 Å². The van der Waals surface area contributed by atoms with E-state index in [1.165, 1.54) is 27.3 Å². The highest BCUT2D eigenvalue weighted by molar-refractivity contribution is 6.34. The molecule has 194 valence electrons. The molecule has 8 nitrogen and oxygen atoms in total. The molecule has 0 saturated heterocycles. The lowest BCUT2D eigenvalue weighted by atomic mass is 9.99. The van der Waals surface area contributed by atoms with Crippen LogP contribution in [0.15, 0.2) is 59.4 Å². The van der Waals surface area contributed by atoms with Crippen LogP contribution in [0.3, 0.4) is 0 Å². The molecular weight excluding hydrogens is 495 g/mol. The molecule has 0 bridgehead atoms. The van der Waals surface area contributed by atoms with Crippen LogP contribution in [0, 0.1) is 18.7 Å². The van der Waals surface area contributed by atoms with Crippen LogP contribution in [0.1, 0.15) is 53.7 Å². The zero-order valence-electron chi connectivity index (χ0n) is 21.1. The number of nitrogens with zero attached hydrogens (tertiary/aromatic N) is 5. The van der Waals surface area contributed by atoms with Crippen LogP contribution in [0.2, 0.25) is 5.02 Å². The fraction of sp³-hybridized carbons (Fsp3) is 0.333. The van der Waals surface area contributed by atoms with Crippen molar-refractivity contribution in [2.45, 2.75) is 39.8 Å². The molecule has 2 heterocycles. The number of amides is 1. The maximum Gasteiger partial charge on any atom is 0.352 e. The van der Waals surface area contributed by atoms with Crippen LogP contribution in [0.4, 0.5) is 4.39 Å². The van der Waals surface area contributed by atoms with Crippen molar-refractivity contribution in [1.82, 2.24) is 24.1 Å². The summed E-state index contributed by atoms with van der Waals surface area (Å²) in [5.74, 6) is -0.662. The third-order valence-electron chi connectivity index (χ3n) is 6.22. The van der Waals surface area contributed by atoms with E-state index in [0.29, 0.717) is 31.0 Å². The fourth-order valence-corrected chi connectivity index (χ4v) is 4.62. The topological polar surface area (TPSA) is 98.5 Å². The van der Waals surface area contributed by atoms with Crippen LogP contribution in [0.5, 0.6) is 0 Å². The van der Waals surface area contributed by atoms with E-state index in [0.717, 1.165) is 5.56 Å². The average molecular weight is 525 g/mol. The van der Waals surface area contributed by atoms with E-state index in [9.17, 15) is 14.0 Å². The molecule has 0 aliphatic carbocycles. The molecule has 4 rings (SSSR count). The van der Waals surface area contributed by atoms with Crippen molar-refractivity contribution >= 4 is 23.2 Å². The van der Waals surface area contributed by atoms with Crippen molar-refractivity contribution < 1.29 is 9.18 Å². The first-order chi connectivity index (χ1) is 17.7. The van der Waals surface area contributed by atoms with Crippen LogP contribution < -0.4 is 11.4 Å². The Morgan fingerprint density at radius 1 is 1.16 bits per heavy atom. The Bertz CT molecular complexity index is 1470. The molecule has 0 aliphatic heterocycles. The summed E-state index contributed by atoms with van der Waals surface area (Å²) in [6.45, 7) is 6.48. The SMILES string of the molecule is Cc1nn2c(=O)n(Cc3ccccc3)c([C@@H](C(C)C)N(CCCN)C(=O)c3cccc(F)c3)nc2c1Cl. The maximum atomic E-state index is 14.0. The Hall–Kier alpha value is -3.56. The molecule has 0 unspecified atom stereocenters. The Morgan fingerprint density at radius 2 is 1.89 bits per heavy atom. The molecule has 0 spiro atoms. The van der Waals surface area contributed by atoms with Crippen LogP contribution >= 0.6 is 11.6 Å². The van der Waals surface area contributed by atoms with Crippen LogP contribution in [-0.2, 0) is 6.54 Å². The van der Waals surface area contributed by atoms with Gasteiger partial charge in [0.25, 0.3) is 5.91 Å². The minimum Gasteiger partial charge on any atom is -0.330 e. The Balaban J connectivity index is 1.95. The molecule has 0 radical (unpaired) electrons. The van der Waals surface area contributed by atoms with Gasteiger partial charge >= 0.3 is 5.69 Å². The summed E-state index contributed by atoms with van der Waals surface area (Å²) in [6.07, 6.45) is 0.516. The van der Waals surface area contributed by atoms with E-state index in [1.54, 1.807) is 17.9 Å². The van der Waals surface area contributed by atoms with E-state index < -0.39 is 17.5 Å². The number of hydrogen-bond acceptors (Lipinski definition) is 5. The first kappa shape index (κ1) is 26.5. The highest BCUT2D eigenvalue weighted by atomic mass is 35.5. The molecule has 10 heteroatoms. The second-order valence-electron chi connectivity index (χ2n) is 9.30. The maximum absolute atomic E-state index is 14.0. The van der Waals surface area contributed by atoms with Gasteiger partial charge in [0.05, 0.1) is 18.3 Å². The van der Waals surface area contributed by atoms with E-state index >= 15 is 0 Å². The number of carbonyl (C=O) groups is 1. The van der Waals surface area contributed by atoms with Crippen molar-refractivity contribution in [3.8, 4) is 0 Å². The van der Waals surface area contributed by atoms with E-state index in [-0.39, 0.29) is 34.6 Å². The smallest absolute Gasteiger partial charge is 0.330 e. The second-order valence-corrected chi connectivity index (χ2v) is 9.68. The number of nitrogens with two attached hydrogens (primary N) is 1. The third-order valence-corrected chi connectivity index (χ3v) is 6.67. The van der Waals surface area contributed by atoms with Gasteiger partial charge in [0, 0.05) is 12.1 Å². The lowest BCUT2D eigenvalue weighted by Gasteiger charge is -2.35. The normalized spacial score (nSPS) is 12.3. The van der Waals surface area contributed by atoms with Crippen LogP contribution in [-0.4, -0.2) is 43.1 Å². The predicted octanol–water partition coefficient (Wildman–Crippen LogP) is 4.23. The van der Waals surface area contributed by atoms with Gasteiger partial charge in [0.15, 0.2) is 5.65 Å². The third kappa shape index (κ3) is 5.42. The summed E-state index contributed by atoms with van der Waals surface area (Å²) in [7, 11) is 0. The van der Waals surface area contributed by atoms with Gasteiger partial charge in [-0.1, -0.05) is 61.8 Å². The molecule has 1 amide bonds. The molecule has 37 heavy (non-hydrogen) atoms. The van der Waals surface area contributed by atoms with Gasteiger partial charge in [-0.2, -0.15) is 9.61 Å². The summed E-state index contributed by atoms with van der Waals surface area (Å²) in [6, 6.07) is 14.4. The molecule has 0 fully saturated rings. The monoisotopic (exact) mass is 524 g/mol. The minimum atomic E-state index is -0.630. The van der Waals surface area contributed by atoms with Crippen molar-refractivity contribution in [3.63, 3.8) is 0 Å². The molecule has 1 atom stereocenters. The van der Waals surface area contributed by atoms with Gasteiger partial charge in [-0.05, 0) is 49.6 Å². The number of hydrogen-bond donors (Lipinski definition) is 1. The van der Waals surface area contributed by atoms with Gasteiger partial charge in [0.1, 0.15) is 16.7 Å². The number of benzene rings is 2. The summed E-state index contributed by atoms with van der Waals surface area (Å²) in [5, 5.41) is 4.57. The van der Waals surface area contributed by atoms with E-state index in [1.807, 2.05) is 44.2 Å². The second kappa shape index (κ2) is 11.2. The first-order valence-electron chi connectivity index (χ1n) is 12.2. The standard InChI is InChI=1S/C27H30ClFN6O2/c1-17(2)23(33(14-8-13-30)26(36)20-11-7-12-21(29)15-20)25-31-24-22(28)18(3)32-35(24)27(37)34(25)16-19-9-5-4-6-10-19/h4-7,9-12,15,17,23H,8,13-14,16,30H2,1-3H3/t23-/m1/s1. The Labute approximate surface area is 219 Å². The molecule has 2 N–H and O–H groups in total. The van der Waals surface area contributed by atoms with Gasteiger partial charge in [-0.15, -0.1) is 0 Å². The molecule has 2 aromatic carbocycles. The Kier molecular flexibility index (Phi) is 8.04. The largest absolute Gasteiger partial charge is 0.352 e. The zero-order chi connectivity index (χ0) is 26.7. The number of halogens is 2. The quantitative estimate of drug-likeness (QED) is 0.353. The lowest BCUT2D eigenvalue weighted by molar-refractivity contribution is 0.0601. The summed E-state index contributed by atoms with van der Waals surface area (Å²) >= 11 is 6.49. The van der Waals surface area contributed by atoms with Gasteiger partial charge in [-0.3, -0.25) is 9.36 Å². The average Bonchev–Trinajstić information content (AvgIpc) is 3.17. The minimum absolute atomic E-state index is 0.158. The Morgan fingerprint density at radius 3 is 2.54 bits per heavy atom. The predicted molar refractivity (Wildman–Crippen MR) is 141 cm³/mol. The highest BCUT2D eigenvalue weighted by Crippen LogP contribution is 2.31. The van der Waals surface area contributed by atoms with E-state index in [2.05, 4.69) is 5.10 Å². The summed E-state index contributed by atoms with van der Waals surface area (Å²) in [5.41, 5.74) is 7.19. The number of carbonyl (C=O) groups excluding carboxylic acids is 1. The van der Waals surface area contributed by atoms with Gasteiger partial charge < -0.3 is 10.6 Å². The van der Waals surface area contributed by atoms with Gasteiger partial charge in [0.2, 0.25) is 0 Å². The number of aromatic nitrogens is 4. The molecule has 0 aliphatic rings. The van der Waals surface area contributed by atoms with Crippen LogP contribution in [0.25, 0.3) is 5.65 Å². The zero-order valence-corrected chi connectivity index (χ0v) is 21.8. The lowest BCUT2D eigenvalue weighted by Crippen LogP contribution is -2.43. The van der Waals surface area contributed by atoms with Crippen molar-refractivity contribution in [2.24, 2.45) is 11.7 Å². The number of fused-ring (bicyclic) bond motifs is 1. The molecule has 4 aromatic rings. The van der Waals surface area contributed by atoms with Crippen molar-refractivity contribution in [2.75, 3.05) is 13.1 Å². The molecular formula is C27H30ClFN6O2. The number of aryl methyl sites for hydroxylation is 1. The molecule has 0 saturated carbocycles. The summed E-state index contributed by atoms with van der Waals surface area (Å²) < 4.78 is 16.8. The van der Waals surface area contributed by atoms with Crippen molar-refractivity contribution in [1.29, 1.82) is 0 Å². The highest BCUT2D eigenvalue weighted by Gasteiger charge is 2.33.